The van der Waals surface area contributed by atoms with E-state index in [-0.39, 0.29) is 12.5 Å². The summed E-state index contributed by atoms with van der Waals surface area (Å²) in [5.41, 5.74) is 1.50. The van der Waals surface area contributed by atoms with E-state index in [1.54, 1.807) is 11.1 Å². The number of hydrogen-bond acceptors (Lipinski definition) is 3. The van der Waals surface area contributed by atoms with E-state index in [1.807, 2.05) is 24.5 Å². The smallest absolute Gasteiger partial charge is 0.242 e. The Labute approximate surface area is 137 Å². The van der Waals surface area contributed by atoms with Crippen LogP contribution < -0.4 is 0 Å². The Morgan fingerprint density at radius 2 is 2.14 bits per heavy atom. The predicted molar refractivity (Wildman–Crippen MR) is 87.6 cm³/mol. The van der Waals surface area contributed by atoms with E-state index in [0.717, 1.165) is 21.5 Å². The van der Waals surface area contributed by atoms with Gasteiger partial charge in [-0.3, -0.25) is 4.79 Å². The van der Waals surface area contributed by atoms with Crippen LogP contribution in [0.3, 0.4) is 0 Å². The zero-order chi connectivity index (χ0) is 15.4. The van der Waals surface area contributed by atoms with Gasteiger partial charge in [-0.05, 0) is 35.8 Å². The number of imidazole rings is 1. The van der Waals surface area contributed by atoms with Gasteiger partial charge in [0.2, 0.25) is 5.91 Å². The molecule has 0 fully saturated rings. The summed E-state index contributed by atoms with van der Waals surface area (Å²) < 4.78 is 2.73. The van der Waals surface area contributed by atoms with E-state index in [2.05, 4.69) is 25.9 Å². The van der Waals surface area contributed by atoms with Gasteiger partial charge in [0.1, 0.15) is 17.9 Å². The van der Waals surface area contributed by atoms with Gasteiger partial charge >= 0.3 is 0 Å². The fourth-order valence-corrected chi connectivity index (χ4v) is 2.77. The first kappa shape index (κ1) is 16.2. The number of halogens is 2. The Kier molecular flexibility index (Phi) is 5.58. The third-order valence-electron chi connectivity index (χ3n) is 3.36. The van der Waals surface area contributed by atoms with Crippen LogP contribution in [0.15, 0.2) is 16.7 Å². The minimum Gasteiger partial charge on any atom is -0.342 e. The van der Waals surface area contributed by atoms with Gasteiger partial charge in [0.25, 0.3) is 0 Å². The standard InChI is InChI=1S/C14H18BrClN4O/c1-3-19(4-2)13(21)9-20-12(5-6-16)18-11-7-10(15)8-17-14(11)20/h7-8H,3-6,9H2,1-2H3. The molecule has 0 spiro atoms. The van der Waals surface area contributed by atoms with Crippen molar-refractivity contribution in [2.45, 2.75) is 26.8 Å². The average molecular weight is 374 g/mol. The van der Waals surface area contributed by atoms with Crippen molar-refractivity contribution in [2.75, 3.05) is 19.0 Å². The highest BCUT2D eigenvalue weighted by Crippen LogP contribution is 2.19. The monoisotopic (exact) mass is 372 g/mol. The Morgan fingerprint density at radius 1 is 1.43 bits per heavy atom. The third kappa shape index (κ3) is 3.55. The highest BCUT2D eigenvalue weighted by molar-refractivity contribution is 9.10. The van der Waals surface area contributed by atoms with E-state index in [0.29, 0.717) is 25.4 Å². The van der Waals surface area contributed by atoms with Crippen molar-refractivity contribution in [3.63, 3.8) is 0 Å². The van der Waals surface area contributed by atoms with Crippen molar-refractivity contribution < 1.29 is 4.79 Å². The molecule has 0 bridgehead atoms. The Morgan fingerprint density at radius 3 is 2.76 bits per heavy atom. The first-order valence-corrected chi connectivity index (χ1v) is 8.27. The SMILES string of the molecule is CCN(CC)C(=O)Cn1c(CCCl)nc2cc(Br)cnc21. The maximum atomic E-state index is 12.3. The molecule has 0 aliphatic rings. The van der Waals surface area contributed by atoms with E-state index >= 15 is 0 Å². The van der Waals surface area contributed by atoms with E-state index < -0.39 is 0 Å². The molecule has 21 heavy (non-hydrogen) atoms. The molecule has 5 nitrogen and oxygen atoms in total. The van der Waals surface area contributed by atoms with Crippen LogP contribution in [0.25, 0.3) is 11.2 Å². The molecular formula is C14H18BrClN4O. The molecule has 0 atom stereocenters. The zero-order valence-corrected chi connectivity index (χ0v) is 14.5. The molecule has 0 N–H and O–H groups in total. The second-order valence-electron chi connectivity index (χ2n) is 4.62. The molecule has 7 heteroatoms. The summed E-state index contributed by atoms with van der Waals surface area (Å²) in [5.74, 6) is 1.33. The van der Waals surface area contributed by atoms with Crippen LogP contribution in [0.1, 0.15) is 19.7 Å². The van der Waals surface area contributed by atoms with Crippen molar-refractivity contribution in [3.8, 4) is 0 Å². The van der Waals surface area contributed by atoms with Crippen LogP contribution in [-0.4, -0.2) is 44.3 Å². The lowest BCUT2D eigenvalue weighted by molar-refractivity contribution is -0.131. The van der Waals surface area contributed by atoms with Crippen LogP contribution in [0.5, 0.6) is 0 Å². The quantitative estimate of drug-likeness (QED) is 0.732. The van der Waals surface area contributed by atoms with Gasteiger partial charge < -0.3 is 9.47 Å². The molecule has 2 heterocycles. The molecule has 2 aromatic heterocycles. The Bertz CT molecular complexity index is 639. The normalized spacial score (nSPS) is 11.0. The summed E-state index contributed by atoms with van der Waals surface area (Å²) in [6.45, 7) is 5.60. The number of fused-ring (bicyclic) bond motifs is 1. The van der Waals surface area contributed by atoms with E-state index in [4.69, 9.17) is 11.6 Å². The van der Waals surface area contributed by atoms with Gasteiger partial charge in [-0.2, -0.15) is 0 Å². The first-order chi connectivity index (χ1) is 10.1. The molecule has 0 aliphatic heterocycles. The zero-order valence-electron chi connectivity index (χ0n) is 12.1. The van der Waals surface area contributed by atoms with Gasteiger partial charge in [-0.25, -0.2) is 9.97 Å². The number of aromatic nitrogens is 3. The van der Waals surface area contributed by atoms with Gasteiger partial charge in [0.15, 0.2) is 5.65 Å². The van der Waals surface area contributed by atoms with Crippen LogP contribution in [0, 0.1) is 0 Å². The van der Waals surface area contributed by atoms with Crippen LogP contribution in [0.2, 0.25) is 0 Å². The van der Waals surface area contributed by atoms with Crippen molar-refractivity contribution in [1.29, 1.82) is 0 Å². The fraction of sp³-hybridized carbons (Fsp3) is 0.500. The van der Waals surface area contributed by atoms with Crippen molar-refractivity contribution in [2.24, 2.45) is 0 Å². The lowest BCUT2D eigenvalue weighted by Gasteiger charge is -2.19. The molecular weight excluding hydrogens is 356 g/mol. The summed E-state index contributed by atoms with van der Waals surface area (Å²) in [5, 5.41) is 0. The number of rotatable bonds is 6. The number of amides is 1. The summed E-state index contributed by atoms with van der Waals surface area (Å²) in [4.78, 5) is 23.1. The summed E-state index contributed by atoms with van der Waals surface area (Å²) in [6.07, 6.45) is 2.33. The summed E-state index contributed by atoms with van der Waals surface area (Å²) >= 11 is 9.23. The van der Waals surface area contributed by atoms with Crippen molar-refractivity contribution >= 4 is 44.6 Å². The number of pyridine rings is 1. The Hall–Kier alpha value is -1.14. The van der Waals surface area contributed by atoms with Crippen LogP contribution in [-0.2, 0) is 17.8 Å². The van der Waals surface area contributed by atoms with Gasteiger partial charge in [-0.1, -0.05) is 0 Å². The largest absolute Gasteiger partial charge is 0.342 e. The highest BCUT2D eigenvalue weighted by Gasteiger charge is 2.17. The average Bonchev–Trinajstić information content (AvgIpc) is 2.77. The van der Waals surface area contributed by atoms with Crippen LogP contribution >= 0.6 is 27.5 Å². The summed E-state index contributed by atoms with van der Waals surface area (Å²) in [6, 6.07) is 1.90. The van der Waals surface area contributed by atoms with Crippen molar-refractivity contribution in [1.82, 2.24) is 19.4 Å². The first-order valence-electron chi connectivity index (χ1n) is 6.95. The van der Waals surface area contributed by atoms with E-state index in [9.17, 15) is 4.79 Å². The molecule has 114 valence electrons. The summed E-state index contributed by atoms with van der Waals surface area (Å²) in [7, 11) is 0. The number of nitrogens with zero attached hydrogens (tertiary/aromatic N) is 4. The predicted octanol–water partition coefficient (Wildman–Crippen LogP) is 2.84. The molecule has 0 aliphatic carbocycles. The molecule has 0 saturated carbocycles. The number of aryl methyl sites for hydroxylation is 1. The van der Waals surface area contributed by atoms with E-state index in [1.165, 1.54) is 0 Å². The molecule has 1 amide bonds. The van der Waals surface area contributed by atoms with Gasteiger partial charge in [-0.15, -0.1) is 11.6 Å². The fourth-order valence-electron chi connectivity index (χ4n) is 2.29. The van der Waals surface area contributed by atoms with Crippen molar-refractivity contribution in [3.05, 3.63) is 22.6 Å². The van der Waals surface area contributed by atoms with Gasteiger partial charge in [0.05, 0.1) is 0 Å². The Balaban J connectivity index is 2.40. The number of alkyl halides is 1. The lowest BCUT2D eigenvalue weighted by Crippen LogP contribution is -2.33. The molecule has 0 unspecified atom stereocenters. The van der Waals surface area contributed by atoms with Gasteiger partial charge in [0, 0.05) is 36.1 Å². The second-order valence-corrected chi connectivity index (χ2v) is 5.91. The second kappa shape index (κ2) is 7.22. The minimum atomic E-state index is 0.0693. The highest BCUT2D eigenvalue weighted by atomic mass is 79.9. The molecule has 0 radical (unpaired) electrons. The lowest BCUT2D eigenvalue weighted by atomic mass is 10.4. The molecule has 0 aromatic carbocycles. The number of likely N-dealkylation sites (N-methyl/N-ethyl adjacent to an activating group) is 1. The maximum Gasteiger partial charge on any atom is 0.242 e. The molecule has 2 aromatic rings. The number of hydrogen-bond donors (Lipinski definition) is 0. The number of carbonyl (C=O) groups is 1. The topological polar surface area (TPSA) is 51.0 Å². The molecule has 0 saturated heterocycles. The number of carbonyl (C=O) groups excluding carboxylic acids is 1. The third-order valence-corrected chi connectivity index (χ3v) is 3.98. The van der Waals surface area contributed by atoms with Crippen LogP contribution in [0.4, 0.5) is 0 Å². The maximum absolute atomic E-state index is 12.3. The minimum absolute atomic E-state index is 0.0693. The molecule has 2 rings (SSSR count).